The van der Waals surface area contributed by atoms with Crippen molar-refractivity contribution in [2.45, 2.75) is 18.6 Å². The van der Waals surface area contributed by atoms with Gasteiger partial charge in [-0.05, 0) is 25.2 Å². The minimum absolute atomic E-state index is 0.0411. The van der Waals surface area contributed by atoms with E-state index in [4.69, 9.17) is 6.42 Å². The van der Waals surface area contributed by atoms with E-state index < -0.39 is 6.17 Å². The Morgan fingerprint density at radius 1 is 1.18 bits per heavy atom. The van der Waals surface area contributed by atoms with E-state index in [2.05, 4.69) is 21.4 Å². The Balaban J connectivity index is 1.74. The van der Waals surface area contributed by atoms with Gasteiger partial charge < -0.3 is 15.3 Å². The normalized spacial score (nSPS) is 20.0. The van der Waals surface area contributed by atoms with Gasteiger partial charge in [0.05, 0.1) is 0 Å². The first-order valence-electron chi connectivity index (χ1n) is 9.19. The molecule has 3 aromatic rings. The molecule has 2 atom stereocenters. The number of fused-ring (bicyclic) bond motifs is 1. The van der Waals surface area contributed by atoms with E-state index in [1.54, 1.807) is 12.1 Å². The highest BCUT2D eigenvalue weighted by Crippen LogP contribution is 2.35. The highest BCUT2D eigenvalue weighted by atomic mass is 19.1. The minimum atomic E-state index is -0.860. The van der Waals surface area contributed by atoms with Crippen molar-refractivity contribution in [2.24, 2.45) is 0 Å². The van der Waals surface area contributed by atoms with Crippen molar-refractivity contribution in [1.29, 1.82) is 0 Å². The lowest BCUT2D eigenvalue weighted by Gasteiger charge is -2.32. The van der Waals surface area contributed by atoms with Crippen LogP contribution in [-0.4, -0.2) is 52.6 Å². The Kier molecular flexibility index (Phi) is 4.84. The average Bonchev–Trinajstić information content (AvgIpc) is 2.68. The standard InChI is InChI=1S/C22H21FN4O/c1-3-14-8-9-19(20(28)10-14)21-17-6-4-5-7-18(17)22(26-25-21)24-16-11-15(23)12-27(2)13-16/h1,4-10,15-16,28H,11-13H2,2H3,(H,24,26)/t15-,16?/m1/s1. The maximum Gasteiger partial charge on any atom is 0.156 e. The summed E-state index contributed by atoms with van der Waals surface area (Å²) in [5.41, 5.74) is 1.74. The summed E-state index contributed by atoms with van der Waals surface area (Å²) in [7, 11) is 1.91. The molecule has 0 saturated carbocycles. The number of piperidine rings is 1. The van der Waals surface area contributed by atoms with Gasteiger partial charge in [0.15, 0.2) is 5.82 Å². The third kappa shape index (κ3) is 3.49. The Labute approximate surface area is 163 Å². The van der Waals surface area contributed by atoms with Gasteiger partial charge in [0.1, 0.15) is 17.6 Å². The Morgan fingerprint density at radius 2 is 1.96 bits per heavy atom. The number of likely N-dealkylation sites (tertiary alicyclic amines) is 1. The number of benzene rings is 2. The van der Waals surface area contributed by atoms with Crippen molar-refractivity contribution in [3.8, 4) is 29.4 Å². The summed E-state index contributed by atoms with van der Waals surface area (Å²) in [5.74, 6) is 3.18. The summed E-state index contributed by atoms with van der Waals surface area (Å²) in [6, 6.07) is 12.7. The number of terminal acetylenes is 1. The zero-order chi connectivity index (χ0) is 19.7. The van der Waals surface area contributed by atoms with Crippen LogP contribution in [0.3, 0.4) is 0 Å². The van der Waals surface area contributed by atoms with Gasteiger partial charge in [-0.3, -0.25) is 0 Å². The number of phenols is 1. The number of nitrogens with one attached hydrogen (secondary N) is 1. The summed E-state index contributed by atoms with van der Waals surface area (Å²) in [4.78, 5) is 1.97. The number of hydrogen-bond donors (Lipinski definition) is 2. The predicted octanol–water partition coefficient (Wildman–Crippen LogP) is 3.44. The fourth-order valence-corrected chi connectivity index (χ4v) is 3.78. The highest BCUT2D eigenvalue weighted by Gasteiger charge is 2.26. The number of rotatable bonds is 3. The Bertz CT molecular complexity index is 1050. The Hall–Kier alpha value is -3.17. The molecule has 0 bridgehead atoms. The van der Waals surface area contributed by atoms with Gasteiger partial charge in [-0.1, -0.05) is 30.2 Å². The van der Waals surface area contributed by atoms with Crippen LogP contribution in [0.1, 0.15) is 12.0 Å². The summed E-state index contributed by atoms with van der Waals surface area (Å²) < 4.78 is 13.9. The maximum absolute atomic E-state index is 13.9. The molecule has 1 saturated heterocycles. The lowest BCUT2D eigenvalue weighted by atomic mass is 10.0. The van der Waals surface area contributed by atoms with Crippen LogP contribution in [0.2, 0.25) is 0 Å². The summed E-state index contributed by atoms with van der Waals surface area (Å²) in [5, 5.41) is 24.2. The van der Waals surface area contributed by atoms with E-state index >= 15 is 0 Å². The number of aromatic nitrogens is 2. The summed E-state index contributed by atoms with van der Waals surface area (Å²) in [6.45, 7) is 1.20. The van der Waals surface area contributed by atoms with Crippen LogP contribution in [0, 0.1) is 12.3 Å². The molecule has 1 unspecified atom stereocenters. The van der Waals surface area contributed by atoms with E-state index in [0.29, 0.717) is 35.6 Å². The molecule has 1 aliphatic rings. The molecular formula is C22H21FN4O. The van der Waals surface area contributed by atoms with Crippen LogP contribution >= 0.6 is 0 Å². The fraction of sp³-hybridized carbons (Fsp3) is 0.273. The lowest BCUT2D eigenvalue weighted by molar-refractivity contribution is 0.153. The van der Waals surface area contributed by atoms with E-state index in [-0.39, 0.29) is 11.8 Å². The van der Waals surface area contributed by atoms with Gasteiger partial charge in [-0.25, -0.2) is 4.39 Å². The third-order valence-corrected chi connectivity index (χ3v) is 5.03. The Morgan fingerprint density at radius 3 is 2.68 bits per heavy atom. The number of nitrogens with zero attached hydrogens (tertiary/aromatic N) is 3. The number of likely N-dealkylation sites (N-methyl/N-ethyl adjacent to an activating group) is 1. The van der Waals surface area contributed by atoms with Crippen LogP contribution in [0.5, 0.6) is 5.75 Å². The van der Waals surface area contributed by atoms with Crippen molar-refractivity contribution >= 4 is 16.6 Å². The first-order valence-corrected chi connectivity index (χ1v) is 9.19. The second kappa shape index (κ2) is 7.45. The van der Waals surface area contributed by atoms with Crippen molar-refractivity contribution in [2.75, 3.05) is 25.5 Å². The molecule has 1 aliphatic heterocycles. The van der Waals surface area contributed by atoms with Crippen molar-refractivity contribution in [3.63, 3.8) is 0 Å². The topological polar surface area (TPSA) is 61.3 Å². The molecule has 5 nitrogen and oxygen atoms in total. The first-order chi connectivity index (χ1) is 13.5. The summed E-state index contributed by atoms with van der Waals surface area (Å²) >= 11 is 0. The molecule has 4 rings (SSSR count). The van der Waals surface area contributed by atoms with Crippen LogP contribution in [0.25, 0.3) is 22.0 Å². The van der Waals surface area contributed by atoms with E-state index in [1.165, 1.54) is 6.07 Å². The van der Waals surface area contributed by atoms with Crippen molar-refractivity contribution < 1.29 is 9.50 Å². The van der Waals surface area contributed by atoms with Gasteiger partial charge >= 0.3 is 0 Å². The molecule has 28 heavy (non-hydrogen) atoms. The summed E-state index contributed by atoms with van der Waals surface area (Å²) in [6.07, 6.45) is 4.98. The number of halogens is 1. The maximum atomic E-state index is 13.9. The largest absolute Gasteiger partial charge is 0.507 e. The van der Waals surface area contributed by atoms with Gasteiger partial charge in [0.25, 0.3) is 0 Å². The zero-order valence-corrected chi connectivity index (χ0v) is 15.6. The molecule has 0 aliphatic carbocycles. The second-order valence-electron chi connectivity index (χ2n) is 7.21. The van der Waals surface area contributed by atoms with Gasteiger partial charge in [0, 0.05) is 47.5 Å². The zero-order valence-electron chi connectivity index (χ0n) is 15.6. The predicted molar refractivity (Wildman–Crippen MR) is 109 cm³/mol. The molecule has 142 valence electrons. The molecule has 0 spiro atoms. The number of aromatic hydroxyl groups is 1. The number of phenolic OH excluding ortho intramolecular Hbond substituents is 1. The lowest BCUT2D eigenvalue weighted by Crippen LogP contribution is -2.45. The van der Waals surface area contributed by atoms with E-state index in [1.807, 2.05) is 36.2 Å². The molecule has 1 fully saturated rings. The first kappa shape index (κ1) is 18.2. The van der Waals surface area contributed by atoms with Crippen LogP contribution < -0.4 is 5.32 Å². The van der Waals surface area contributed by atoms with Crippen molar-refractivity contribution in [1.82, 2.24) is 15.1 Å². The second-order valence-corrected chi connectivity index (χ2v) is 7.21. The van der Waals surface area contributed by atoms with Crippen LogP contribution in [0.15, 0.2) is 42.5 Å². The third-order valence-electron chi connectivity index (χ3n) is 5.03. The van der Waals surface area contributed by atoms with E-state index in [9.17, 15) is 9.50 Å². The number of anilines is 1. The van der Waals surface area contributed by atoms with E-state index in [0.717, 1.165) is 17.3 Å². The SMILES string of the molecule is C#Cc1ccc(-c2nnc(NC3C[C@@H](F)CN(C)C3)c3ccccc23)c(O)c1. The molecule has 2 heterocycles. The van der Waals surface area contributed by atoms with Gasteiger partial charge in [-0.2, -0.15) is 0 Å². The highest BCUT2D eigenvalue weighted by molar-refractivity contribution is 6.00. The van der Waals surface area contributed by atoms with Gasteiger partial charge in [-0.15, -0.1) is 16.6 Å². The minimum Gasteiger partial charge on any atom is -0.507 e. The van der Waals surface area contributed by atoms with Crippen LogP contribution in [0.4, 0.5) is 10.2 Å². The average molecular weight is 376 g/mol. The molecule has 2 N–H and O–H groups in total. The van der Waals surface area contributed by atoms with Gasteiger partial charge in [0.2, 0.25) is 0 Å². The fourth-order valence-electron chi connectivity index (χ4n) is 3.78. The molecule has 0 amide bonds. The molecule has 2 aromatic carbocycles. The van der Waals surface area contributed by atoms with Crippen molar-refractivity contribution in [3.05, 3.63) is 48.0 Å². The molecule has 6 heteroatoms. The number of hydrogen-bond acceptors (Lipinski definition) is 5. The van der Waals surface area contributed by atoms with Crippen LogP contribution in [-0.2, 0) is 0 Å². The smallest absolute Gasteiger partial charge is 0.156 e. The molecular weight excluding hydrogens is 355 g/mol. The quantitative estimate of drug-likeness (QED) is 0.686. The molecule has 0 radical (unpaired) electrons. The number of alkyl halides is 1. The molecule has 1 aromatic heterocycles. The monoisotopic (exact) mass is 376 g/mol.